The van der Waals surface area contributed by atoms with Crippen molar-refractivity contribution in [3.8, 4) is 0 Å². The predicted octanol–water partition coefficient (Wildman–Crippen LogP) is 5.10. The van der Waals surface area contributed by atoms with Gasteiger partial charge in [0.05, 0.1) is 0 Å². The fourth-order valence-corrected chi connectivity index (χ4v) is 3.97. The zero-order chi connectivity index (χ0) is 22.5. The van der Waals surface area contributed by atoms with Crippen molar-refractivity contribution in [1.29, 1.82) is 0 Å². The summed E-state index contributed by atoms with van der Waals surface area (Å²) in [5, 5.41) is 3.07. The Morgan fingerprint density at radius 3 is 2.42 bits per heavy atom. The molecule has 0 atom stereocenters. The summed E-state index contributed by atoms with van der Waals surface area (Å²) >= 11 is 0. The summed E-state index contributed by atoms with van der Waals surface area (Å²) in [6.45, 7) is 7.41. The van der Waals surface area contributed by atoms with Gasteiger partial charge in [-0.05, 0) is 61.6 Å². The molecule has 0 saturated heterocycles. The lowest BCUT2D eigenvalue weighted by Gasteiger charge is -2.28. The number of hydrogen-bond acceptors (Lipinski definition) is 3. The number of carbonyl (C=O) groups excluding carboxylic acids is 2. The van der Waals surface area contributed by atoms with Gasteiger partial charge in [-0.2, -0.15) is 0 Å². The van der Waals surface area contributed by atoms with E-state index in [1.54, 1.807) is 0 Å². The Bertz CT molecular complexity index is 932. The molecule has 5 heteroatoms. The Balaban J connectivity index is 1.88. The van der Waals surface area contributed by atoms with Gasteiger partial charge in [-0.25, -0.2) is 0 Å². The highest BCUT2D eigenvalue weighted by Gasteiger charge is 2.25. The molecule has 0 aromatic heterocycles. The number of carbonyl (C=O) groups is 2. The zero-order valence-electron chi connectivity index (χ0n) is 19.4. The van der Waals surface area contributed by atoms with Crippen LogP contribution in [0.4, 0.5) is 11.4 Å². The summed E-state index contributed by atoms with van der Waals surface area (Å²) < 4.78 is 0. The van der Waals surface area contributed by atoms with E-state index in [4.69, 9.17) is 0 Å². The first-order valence-corrected chi connectivity index (χ1v) is 11.2. The molecule has 2 aromatic carbocycles. The molecule has 1 aliphatic carbocycles. The molecule has 0 bridgehead atoms. The number of nitrogens with one attached hydrogen (secondary N) is 1. The predicted molar refractivity (Wildman–Crippen MR) is 127 cm³/mol. The van der Waals surface area contributed by atoms with E-state index >= 15 is 0 Å². The van der Waals surface area contributed by atoms with Crippen LogP contribution in [0.3, 0.4) is 0 Å². The van der Waals surface area contributed by atoms with E-state index in [1.165, 1.54) is 0 Å². The van der Waals surface area contributed by atoms with Crippen LogP contribution < -0.4 is 10.2 Å². The highest BCUT2D eigenvalue weighted by Crippen LogP contribution is 2.29. The van der Waals surface area contributed by atoms with E-state index in [-0.39, 0.29) is 17.7 Å². The highest BCUT2D eigenvalue weighted by atomic mass is 16.2. The van der Waals surface area contributed by atoms with Gasteiger partial charge in [-0.15, -0.1) is 0 Å². The third-order valence-electron chi connectivity index (χ3n) is 5.80. The molecule has 1 fully saturated rings. The van der Waals surface area contributed by atoms with Crippen molar-refractivity contribution in [1.82, 2.24) is 4.90 Å². The quantitative estimate of drug-likeness (QED) is 0.645. The van der Waals surface area contributed by atoms with E-state index in [1.807, 2.05) is 68.4 Å². The molecular formula is C26H35N3O2. The molecule has 0 aliphatic heterocycles. The Morgan fingerprint density at radius 1 is 1.10 bits per heavy atom. The molecule has 166 valence electrons. The fraction of sp³-hybridized carbons (Fsp3) is 0.462. The van der Waals surface area contributed by atoms with E-state index in [9.17, 15) is 9.59 Å². The third kappa shape index (κ3) is 5.87. The number of hydrogen-bond donors (Lipinski definition) is 1. The summed E-state index contributed by atoms with van der Waals surface area (Å²) in [5.41, 5.74) is 4.65. The van der Waals surface area contributed by atoms with Crippen molar-refractivity contribution in [3.63, 3.8) is 0 Å². The first kappa shape index (κ1) is 22.9. The van der Waals surface area contributed by atoms with Gasteiger partial charge in [0, 0.05) is 50.0 Å². The van der Waals surface area contributed by atoms with Crippen LogP contribution in [-0.4, -0.2) is 37.4 Å². The third-order valence-corrected chi connectivity index (χ3v) is 5.80. The van der Waals surface area contributed by atoms with Crippen molar-refractivity contribution in [2.24, 2.45) is 11.8 Å². The second-order valence-electron chi connectivity index (χ2n) is 9.30. The second kappa shape index (κ2) is 9.99. The van der Waals surface area contributed by atoms with Crippen LogP contribution in [0.2, 0.25) is 0 Å². The molecule has 0 spiro atoms. The largest absolute Gasteiger partial charge is 0.377 e. The number of benzene rings is 2. The molecule has 0 unspecified atom stereocenters. The van der Waals surface area contributed by atoms with Crippen LogP contribution in [-0.2, 0) is 11.3 Å². The molecule has 0 radical (unpaired) electrons. The SMILES string of the molecule is Cc1cccc(C(=O)N(Cc2cc(NC(=O)C3CCC3)ccc2N(C)C)CC(C)C)c1. The summed E-state index contributed by atoms with van der Waals surface area (Å²) in [7, 11) is 4.00. The molecule has 31 heavy (non-hydrogen) atoms. The van der Waals surface area contributed by atoms with Crippen LogP contribution in [0.1, 0.15) is 54.6 Å². The monoisotopic (exact) mass is 421 g/mol. The van der Waals surface area contributed by atoms with Crippen LogP contribution in [0, 0.1) is 18.8 Å². The van der Waals surface area contributed by atoms with E-state index in [2.05, 4.69) is 24.1 Å². The van der Waals surface area contributed by atoms with Gasteiger partial charge in [0.1, 0.15) is 0 Å². The minimum Gasteiger partial charge on any atom is -0.377 e. The van der Waals surface area contributed by atoms with Crippen LogP contribution in [0.5, 0.6) is 0 Å². The number of anilines is 2. The average molecular weight is 422 g/mol. The standard InChI is InChI=1S/C26H35N3O2/c1-18(2)16-29(26(31)21-11-6-8-19(3)14-21)17-22-15-23(12-13-24(22)28(4)5)27-25(30)20-9-7-10-20/h6,8,11-15,18,20H,7,9-10,16-17H2,1-5H3,(H,27,30). The number of nitrogens with zero attached hydrogens (tertiary/aromatic N) is 2. The van der Waals surface area contributed by atoms with Crippen LogP contribution >= 0.6 is 0 Å². The molecular weight excluding hydrogens is 386 g/mol. The Kier molecular flexibility index (Phi) is 7.37. The minimum atomic E-state index is 0.0333. The summed E-state index contributed by atoms with van der Waals surface area (Å²) in [4.78, 5) is 29.8. The van der Waals surface area contributed by atoms with E-state index in [0.717, 1.165) is 41.8 Å². The topological polar surface area (TPSA) is 52.7 Å². The Morgan fingerprint density at radius 2 is 1.84 bits per heavy atom. The first-order chi connectivity index (χ1) is 14.7. The van der Waals surface area contributed by atoms with Gasteiger partial charge in [0.15, 0.2) is 0 Å². The molecule has 2 amide bonds. The highest BCUT2D eigenvalue weighted by molar-refractivity contribution is 5.95. The fourth-order valence-electron chi connectivity index (χ4n) is 3.97. The van der Waals surface area contributed by atoms with Crippen LogP contribution in [0.25, 0.3) is 0 Å². The summed E-state index contributed by atoms with van der Waals surface area (Å²) in [6, 6.07) is 13.7. The Hall–Kier alpha value is -2.82. The van der Waals surface area contributed by atoms with Gasteiger partial charge >= 0.3 is 0 Å². The number of aryl methyl sites for hydroxylation is 1. The van der Waals surface area contributed by atoms with Gasteiger partial charge in [0.25, 0.3) is 5.91 Å². The van der Waals surface area contributed by atoms with E-state index in [0.29, 0.717) is 24.6 Å². The van der Waals surface area contributed by atoms with Gasteiger partial charge < -0.3 is 15.1 Å². The zero-order valence-corrected chi connectivity index (χ0v) is 19.4. The van der Waals surface area contributed by atoms with Gasteiger partial charge in [0.2, 0.25) is 5.91 Å². The lowest BCUT2D eigenvalue weighted by atomic mass is 9.85. The summed E-state index contributed by atoms with van der Waals surface area (Å²) in [5.74, 6) is 0.617. The van der Waals surface area contributed by atoms with Gasteiger partial charge in [-0.1, -0.05) is 38.0 Å². The van der Waals surface area contributed by atoms with Crippen LogP contribution in [0.15, 0.2) is 42.5 Å². The smallest absolute Gasteiger partial charge is 0.254 e. The molecule has 5 nitrogen and oxygen atoms in total. The maximum absolute atomic E-state index is 13.4. The van der Waals surface area contributed by atoms with Crippen molar-refractivity contribution in [2.75, 3.05) is 30.9 Å². The maximum Gasteiger partial charge on any atom is 0.254 e. The van der Waals surface area contributed by atoms with Crippen molar-refractivity contribution in [2.45, 2.75) is 46.6 Å². The molecule has 3 rings (SSSR count). The molecule has 1 aliphatic rings. The maximum atomic E-state index is 13.4. The molecule has 2 aromatic rings. The number of rotatable bonds is 8. The van der Waals surface area contributed by atoms with Gasteiger partial charge in [-0.3, -0.25) is 9.59 Å². The van der Waals surface area contributed by atoms with Crippen molar-refractivity contribution in [3.05, 3.63) is 59.2 Å². The lowest BCUT2D eigenvalue weighted by Crippen LogP contribution is -2.34. The molecule has 1 saturated carbocycles. The van der Waals surface area contributed by atoms with E-state index < -0.39 is 0 Å². The second-order valence-corrected chi connectivity index (χ2v) is 9.30. The molecule has 0 heterocycles. The van der Waals surface area contributed by atoms with Crippen molar-refractivity contribution < 1.29 is 9.59 Å². The number of amides is 2. The minimum absolute atomic E-state index is 0.0333. The average Bonchev–Trinajstić information content (AvgIpc) is 2.65. The summed E-state index contributed by atoms with van der Waals surface area (Å²) in [6.07, 6.45) is 3.08. The first-order valence-electron chi connectivity index (χ1n) is 11.2. The van der Waals surface area contributed by atoms with Crippen molar-refractivity contribution >= 4 is 23.2 Å². The lowest BCUT2D eigenvalue weighted by molar-refractivity contribution is -0.122. The molecule has 1 N–H and O–H groups in total. The normalized spacial score (nSPS) is 13.6. The Labute approximate surface area is 186 Å².